The molecule has 0 bridgehead atoms. The summed E-state index contributed by atoms with van der Waals surface area (Å²) in [6, 6.07) is 7.95. The molecule has 1 atom stereocenters. The molecule has 2 N–H and O–H groups in total. The van der Waals surface area contributed by atoms with Crippen molar-refractivity contribution in [3.8, 4) is 0 Å². The van der Waals surface area contributed by atoms with E-state index in [1.165, 1.54) is 12.8 Å². The van der Waals surface area contributed by atoms with E-state index in [0.29, 0.717) is 5.92 Å². The van der Waals surface area contributed by atoms with Crippen molar-refractivity contribution in [1.29, 1.82) is 0 Å². The van der Waals surface area contributed by atoms with E-state index in [1.54, 1.807) is 0 Å². The van der Waals surface area contributed by atoms with Gasteiger partial charge in [0.1, 0.15) is 5.82 Å². The van der Waals surface area contributed by atoms with Gasteiger partial charge in [0.05, 0.1) is 17.2 Å². The first kappa shape index (κ1) is 11.4. The number of nitrogens with zero attached hydrogens (tertiary/aromatic N) is 2. The molecule has 0 aliphatic carbocycles. The molecule has 2 aromatic rings. The molecular formula is C14H18N4. The Labute approximate surface area is 107 Å². The summed E-state index contributed by atoms with van der Waals surface area (Å²) >= 11 is 0. The van der Waals surface area contributed by atoms with Crippen molar-refractivity contribution < 1.29 is 0 Å². The fourth-order valence-corrected chi connectivity index (χ4v) is 2.39. The van der Waals surface area contributed by atoms with E-state index in [4.69, 9.17) is 0 Å². The zero-order valence-corrected chi connectivity index (χ0v) is 10.4. The smallest absolute Gasteiger partial charge is 0.145 e. The number of piperidine rings is 1. The van der Waals surface area contributed by atoms with Gasteiger partial charge in [-0.15, -0.1) is 0 Å². The van der Waals surface area contributed by atoms with Crippen molar-refractivity contribution in [3.63, 3.8) is 0 Å². The lowest BCUT2D eigenvalue weighted by molar-refractivity contribution is 0.392. The van der Waals surface area contributed by atoms with E-state index < -0.39 is 0 Å². The molecule has 4 heteroatoms. The SMILES string of the molecule is c1ccc2nc(NCC3CCCNC3)cnc2c1. The number of aromatic nitrogens is 2. The molecule has 18 heavy (non-hydrogen) atoms. The van der Waals surface area contributed by atoms with Gasteiger partial charge in [-0.25, -0.2) is 4.98 Å². The summed E-state index contributed by atoms with van der Waals surface area (Å²) in [5, 5.41) is 6.82. The highest BCUT2D eigenvalue weighted by Crippen LogP contribution is 2.14. The number of anilines is 1. The summed E-state index contributed by atoms with van der Waals surface area (Å²) in [5.74, 6) is 1.58. The van der Waals surface area contributed by atoms with Gasteiger partial charge in [0.15, 0.2) is 0 Å². The van der Waals surface area contributed by atoms with Crippen LogP contribution >= 0.6 is 0 Å². The van der Waals surface area contributed by atoms with E-state index in [0.717, 1.165) is 36.5 Å². The second kappa shape index (κ2) is 5.31. The fraction of sp³-hybridized carbons (Fsp3) is 0.429. The maximum Gasteiger partial charge on any atom is 0.145 e. The molecular weight excluding hydrogens is 224 g/mol. The van der Waals surface area contributed by atoms with Gasteiger partial charge in [0, 0.05) is 6.54 Å². The Kier molecular flexibility index (Phi) is 3.37. The molecule has 1 aromatic heterocycles. The van der Waals surface area contributed by atoms with Crippen LogP contribution in [0.3, 0.4) is 0 Å². The quantitative estimate of drug-likeness (QED) is 0.865. The van der Waals surface area contributed by atoms with Gasteiger partial charge in [-0.05, 0) is 44.0 Å². The van der Waals surface area contributed by atoms with E-state index in [1.807, 2.05) is 30.5 Å². The molecule has 0 radical (unpaired) electrons. The normalized spacial score (nSPS) is 19.9. The van der Waals surface area contributed by atoms with E-state index in [9.17, 15) is 0 Å². The van der Waals surface area contributed by atoms with Gasteiger partial charge in [0.25, 0.3) is 0 Å². The van der Waals surface area contributed by atoms with E-state index >= 15 is 0 Å². The lowest BCUT2D eigenvalue weighted by Gasteiger charge is -2.23. The first-order valence-corrected chi connectivity index (χ1v) is 6.58. The molecule has 0 saturated carbocycles. The van der Waals surface area contributed by atoms with Crippen LogP contribution in [-0.2, 0) is 0 Å². The fourth-order valence-electron chi connectivity index (χ4n) is 2.39. The standard InChI is InChI=1S/C14H18N4/c1-2-6-13-12(5-1)16-10-14(18-13)17-9-11-4-3-7-15-8-11/h1-2,5-6,10-11,15H,3-4,7-9H2,(H,17,18). The third-order valence-corrected chi connectivity index (χ3v) is 3.42. The van der Waals surface area contributed by atoms with Crippen LogP contribution in [0.4, 0.5) is 5.82 Å². The largest absolute Gasteiger partial charge is 0.368 e. The van der Waals surface area contributed by atoms with Gasteiger partial charge in [-0.1, -0.05) is 12.1 Å². The van der Waals surface area contributed by atoms with Crippen LogP contribution in [0.25, 0.3) is 11.0 Å². The van der Waals surface area contributed by atoms with Crippen molar-refractivity contribution >= 4 is 16.9 Å². The number of para-hydroxylation sites is 2. The third-order valence-electron chi connectivity index (χ3n) is 3.42. The summed E-state index contributed by atoms with van der Waals surface area (Å²) in [6.45, 7) is 3.24. The van der Waals surface area contributed by atoms with Crippen molar-refractivity contribution in [1.82, 2.24) is 15.3 Å². The highest BCUT2D eigenvalue weighted by Gasteiger charge is 2.12. The Morgan fingerprint density at radius 2 is 2.17 bits per heavy atom. The Balaban J connectivity index is 1.66. The first-order chi connectivity index (χ1) is 8.92. The van der Waals surface area contributed by atoms with E-state index in [-0.39, 0.29) is 0 Å². The molecule has 0 amide bonds. The molecule has 1 unspecified atom stereocenters. The molecule has 1 fully saturated rings. The number of fused-ring (bicyclic) bond motifs is 1. The summed E-state index contributed by atoms with van der Waals surface area (Å²) < 4.78 is 0. The highest BCUT2D eigenvalue weighted by molar-refractivity contribution is 5.75. The zero-order chi connectivity index (χ0) is 12.2. The average Bonchev–Trinajstić information content (AvgIpc) is 2.46. The predicted octanol–water partition coefficient (Wildman–Crippen LogP) is 2.04. The number of nitrogens with one attached hydrogen (secondary N) is 2. The number of hydrogen-bond acceptors (Lipinski definition) is 4. The van der Waals surface area contributed by atoms with Crippen LogP contribution in [0, 0.1) is 5.92 Å². The minimum atomic E-state index is 0.701. The van der Waals surface area contributed by atoms with Crippen molar-refractivity contribution in [2.75, 3.05) is 25.0 Å². The van der Waals surface area contributed by atoms with Gasteiger partial charge in [-0.2, -0.15) is 0 Å². The Morgan fingerprint density at radius 1 is 1.28 bits per heavy atom. The average molecular weight is 242 g/mol. The molecule has 1 aliphatic heterocycles. The van der Waals surface area contributed by atoms with Crippen LogP contribution in [0.5, 0.6) is 0 Å². The van der Waals surface area contributed by atoms with Crippen molar-refractivity contribution in [2.45, 2.75) is 12.8 Å². The molecule has 1 aromatic carbocycles. The maximum atomic E-state index is 4.57. The highest BCUT2D eigenvalue weighted by atomic mass is 15.0. The van der Waals surface area contributed by atoms with Crippen molar-refractivity contribution in [3.05, 3.63) is 30.5 Å². The van der Waals surface area contributed by atoms with Gasteiger partial charge in [-0.3, -0.25) is 4.98 Å². The minimum absolute atomic E-state index is 0.701. The molecule has 0 spiro atoms. The summed E-state index contributed by atoms with van der Waals surface area (Å²) in [6.07, 6.45) is 4.38. The molecule has 1 saturated heterocycles. The second-order valence-corrected chi connectivity index (χ2v) is 4.84. The molecule has 1 aliphatic rings. The first-order valence-electron chi connectivity index (χ1n) is 6.58. The van der Waals surface area contributed by atoms with Crippen LogP contribution in [0.1, 0.15) is 12.8 Å². The predicted molar refractivity (Wildman–Crippen MR) is 73.6 cm³/mol. The molecule has 3 rings (SSSR count). The summed E-state index contributed by atoms with van der Waals surface area (Å²) in [4.78, 5) is 8.97. The van der Waals surface area contributed by atoms with Crippen LogP contribution in [0.2, 0.25) is 0 Å². The van der Waals surface area contributed by atoms with Crippen LogP contribution in [0.15, 0.2) is 30.5 Å². The molecule has 4 nitrogen and oxygen atoms in total. The van der Waals surface area contributed by atoms with Gasteiger partial charge >= 0.3 is 0 Å². The summed E-state index contributed by atoms with van der Waals surface area (Å²) in [7, 11) is 0. The number of rotatable bonds is 3. The topological polar surface area (TPSA) is 49.8 Å². The van der Waals surface area contributed by atoms with E-state index in [2.05, 4.69) is 20.6 Å². The molecule has 2 heterocycles. The van der Waals surface area contributed by atoms with Crippen molar-refractivity contribution in [2.24, 2.45) is 5.92 Å². The Bertz CT molecular complexity index is 520. The monoisotopic (exact) mass is 242 g/mol. The third kappa shape index (κ3) is 2.59. The van der Waals surface area contributed by atoms with Gasteiger partial charge < -0.3 is 10.6 Å². The zero-order valence-electron chi connectivity index (χ0n) is 10.4. The minimum Gasteiger partial charge on any atom is -0.368 e. The Morgan fingerprint density at radius 3 is 3.00 bits per heavy atom. The van der Waals surface area contributed by atoms with Crippen LogP contribution < -0.4 is 10.6 Å². The second-order valence-electron chi connectivity index (χ2n) is 4.84. The number of benzene rings is 1. The maximum absolute atomic E-state index is 4.57. The Hall–Kier alpha value is -1.68. The molecule has 94 valence electrons. The number of hydrogen-bond donors (Lipinski definition) is 2. The lowest BCUT2D eigenvalue weighted by Crippen LogP contribution is -2.33. The van der Waals surface area contributed by atoms with Gasteiger partial charge in [0.2, 0.25) is 0 Å². The van der Waals surface area contributed by atoms with Crippen LogP contribution in [-0.4, -0.2) is 29.6 Å². The lowest BCUT2D eigenvalue weighted by atomic mass is 10.00. The summed E-state index contributed by atoms with van der Waals surface area (Å²) in [5.41, 5.74) is 1.90.